The van der Waals surface area contributed by atoms with Gasteiger partial charge in [0, 0.05) is 13.5 Å². The van der Waals surface area contributed by atoms with Crippen molar-refractivity contribution in [3.05, 3.63) is 0 Å². The molecule has 1 aliphatic rings. The average Bonchev–Trinajstić information content (AvgIpc) is 2.51. The highest BCUT2D eigenvalue weighted by Crippen LogP contribution is 2.29. The summed E-state index contributed by atoms with van der Waals surface area (Å²) in [5.41, 5.74) is 5.12. The fraction of sp³-hybridized carbons (Fsp3) is 0.778. The number of rotatable bonds is 3. The fourth-order valence-electron chi connectivity index (χ4n) is 2.03. The molecule has 1 aliphatic carbocycles. The van der Waals surface area contributed by atoms with Gasteiger partial charge in [-0.1, -0.05) is 33.6 Å². The molecule has 0 unspecified atom stereocenters. The van der Waals surface area contributed by atoms with Gasteiger partial charge in [0.2, 0.25) is 0 Å². The largest absolute Gasteiger partial charge is 0.481 e. The molecule has 1 fully saturated rings. The quantitative estimate of drug-likeness (QED) is 0.240. The molecule has 142 valence electrons. The number of amidine groups is 1. The van der Waals surface area contributed by atoms with Crippen LogP contribution in [0.1, 0.15) is 73.6 Å². The highest BCUT2D eigenvalue weighted by molar-refractivity contribution is 5.76. The van der Waals surface area contributed by atoms with E-state index in [1.807, 2.05) is 27.7 Å². The van der Waals surface area contributed by atoms with Crippen molar-refractivity contribution in [3.63, 3.8) is 0 Å². The molecule has 0 aromatic rings. The second-order valence-electron chi connectivity index (χ2n) is 5.54. The lowest BCUT2D eigenvalue weighted by Crippen LogP contribution is -2.23. The molecule has 0 saturated heterocycles. The van der Waals surface area contributed by atoms with Gasteiger partial charge in [-0.3, -0.25) is 4.79 Å². The van der Waals surface area contributed by atoms with E-state index in [2.05, 4.69) is 23.9 Å². The lowest BCUT2D eigenvalue weighted by atomic mass is 9.81. The van der Waals surface area contributed by atoms with Crippen molar-refractivity contribution in [2.24, 2.45) is 28.5 Å². The summed E-state index contributed by atoms with van der Waals surface area (Å²) in [6, 6.07) is 0. The predicted molar refractivity (Wildman–Crippen MR) is 103 cm³/mol. The number of carbonyl (C=O) groups is 1. The van der Waals surface area contributed by atoms with E-state index in [4.69, 9.17) is 16.7 Å². The number of hydrogen-bond acceptors (Lipinski definition) is 4. The van der Waals surface area contributed by atoms with Gasteiger partial charge in [0.05, 0.1) is 0 Å². The molecule has 0 radical (unpaired) electrons. The normalized spacial score (nSPS) is 18.8. The van der Waals surface area contributed by atoms with Crippen LogP contribution in [0.25, 0.3) is 0 Å². The van der Waals surface area contributed by atoms with Gasteiger partial charge >= 0.3 is 5.97 Å². The minimum atomic E-state index is -0.635. The minimum absolute atomic E-state index is 0.382. The summed E-state index contributed by atoms with van der Waals surface area (Å²) >= 11 is 0. The van der Waals surface area contributed by atoms with E-state index in [0.717, 1.165) is 23.9 Å². The zero-order valence-corrected chi connectivity index (χ0v) is 16.6. The lowest BCUT2D eigenvalue weighted by Gasteiger charge is -2.24. The molecule has 0 atom stereocenters. The van der Waals surface area contributed by atoms with E-state index in [9.17, 15) is 4.79 Å². The SMILES string of the molecule is C/C(N)=N/N(C)N.CC.CC#CC.CC1CCC(CC(=O)O)CC1. The summed E-state index contributed by atoms with van der Waals surface area (Å²) < 4.78 is 0. The maximum Gasteiger partial charge on any atom is 0.303 e. The summed E-state index contributed by atoms with van der Waals surface area (Å²) in [5, 5.41) is 13.3. The van der Waals surface area contributed by atoms with Crippen molar-refractivity contribution in [3.8, 4) is 11.8 Å². The highest BCUT2D eigenvalue weighted by atomic mass is 16.4. The molecular formula is C18H38N4O2. The van der Waals surface area contributed by atoms with Crippen LogP contribution in [0.4, 0.5) is 0 Å². The van der Waals surface area contributed by atoms with Gasteiger partial charge in [0.15, 0.2) is 0 Å². The van der Waals surface area contributed by atoms with Crippen molar-refractivity contribution in [2.45, 2.75) is 73.6 Å². The zero-order chi connectivity index (χ0) is 19.5. The zero-order valence-electron chi connectivity index (χ0n) is 16.6. The minimum Gasteiger partial charge on any atom is -0.481 e. The molecule has 24 heavy (non-hydrogen) atoms. The van der Waals surface area contributed by atoms with Crippen LogP contribution in [0.5, 0.6) is 0 Å². The summed E-state index contributed by atoms with van der Waals surface area (Å²) in [5.74, 6) is 11.5. The number of carboxylic acid groups (broad SMARTS) is 1. The van der Waals surface area contributed by atoms with Gasteiger partial charge < -0.3 is 10.8 Å². The summed E-state index contributed by atoms with van der Waals surface area (Å²) in [6.07, 6.45) is 5.06. The highest BCUT2D eigenvalue weighted by Gasteiger charge is 2.19. The first-order chi connectivity index (χ1) is 11.2. The molecule has 0 heterocycles. The molecule has 1 saturated carbocycles. The summed E-state index contributed by atoms with van der Waals surface area (Å²) in [6.45, 7) is 11.6. The van der Waals surface area contributed by atoms with Crippen LogP contribution >= 0.6 is 0 Å². The van der Waals surface area contributed by atoms with Gasteiger partial charge in [0.1, 0.15) is 5.84 Å². The smallest absolute Gasteiger partial charge is 0.303 e. The topological polar surface area (TPSA) is 105 Å². The van der Waals surface area contributed by atoms with E-state index in [0.29, 0.717) is 18.2 Å². The van der Waals surface area contributed by atoms with Gasteiger partial charge in [0.25, 0.3) is 0 Å². The third-order valence-electron chi connectivity index (χ3n) is 3.16. The Kier molecular flexibility index (Phi) is 21.8. The fourth-order valence-corrected chi connectivity index (χ4v) is 2.03. The monoisotopic (exact) mass is 342 g/mol. The molecule has 5 N–H and O–H groups in total. The Hall–Kier alpha value is -1.74. The lowest BCUT2D eigenvalue weighted by molar-refractivity contribution is -0.138. The van der Waals surface area contributed by atoms with Crippen LogP contribution in [0.2, 0.25) is 0 Å². The first-order valence-electron chi connectivity index (χ1n) is 8.57. The molecule has 0 spiro atoms. The molecule has 0 aromatic carbocycles. The summed E-state index contributed by atoms with van der Waals surface area (Å²) in [4.78, 5) is 10.3. The van der Waals surface area contributed by atoms with Gasteiger partial charge in [-0.05, 0) is 45.4 Å². The van der Waals surface area contributed by atoms with Crippen LogP contribution in [0, 0.1) is 23.7 Å². The third-order valence-corrected chi connectivity index (χ3v) is 3.16. The summed E-state index contributed by atoms with van der Waals surface area (Å²) in [7, 11) is 1.61. The molecule has 0 bridgehead atoms. The number of aliphatic carboxylic acids is 1. The molecule has 6 heteroatoms. The van der Waals surface area contributed by atoms with Crippen LogP contribution < -0.4 is 11.6 Å². The van der Waals surface area contributed by atoms with Gasteiger partial charge in [-0.2, -0.15) is 0 Å². The van der Waals surface area contributed by atoms with Crippen LogP contribution in [0.15, 0.2) is 5.10 Å². The van der Waals surface area contributed by atoms with Crippen LogP contribution in [-0.4, -0.2) is 29.1 Å². The number of hydrogen-bond donors (Lipinski definition) is 3. The maximum atomic E-state index is 10.3. The Morgan fingerprint density at radius 3 is 1.83 bits per heavy atom. The standard InChI is InChI=1S/C9H16O2.C4H6.C3H10N4.C2H6/c1-7-2-4-8(5-3-7)6-9(10)11;1-3-4-2;1-3(4)6-7(2)5;1-2/h7-8H,2-6H2,1H3,(H,10,11);1-2H3;5H2,1-2H3,(H2,4,6);1-2H3. The van der Waals surface area contributed by atoms with Crippen LogP contribution in [0.3, 0.4) is 0 Å². The van der Waals surface area contributed by atoms with Crippen molar-refractivity contribution in [1.29, 1.82) is 0 Å². The second-order valence-corrected chi connectivity index (χ2v) is 5.54. The number of hydrazone groups is 1. The Morgan fingerprint density at radius 2 is 1.62 bits per heavy atom. The second kappa shape index (κ2) is 19.3. The average molecular weight is 343 g/mol. The number of nitrogens with zero attached hydrogens (tertiary/aromatic N) is 2. The van der Waals surface area contributed by atoms with Crippen molar-refractivity contribution in [1.82, 2.24) is 5.12 Å². The Bertz CT molecular complexity index is 366. The van der Waals surface area contributed by atoms with Gasteiger partial charge in [-0.15, -0.1) is 16.9 Å². The first-order valence-corrected chi connectivity index (χ1v) is 8.57. The van der Waals surface area contributed by atoms with E-state index < -0.39 is 5.97 Å². The Labute approximate surface area is 148 Å². The van der Waals surface area contributed by atoms with E-state index in [1.165, 1.54) is 12.8 Å². The van der Waals surface area contributed by atoms with E-state index >= 15 is 0 Å². The Morgan fingerprint density at radius 1 is 1.21 bits per heavy atom. The molecule has 0 amide bonds. The molecule has 6 nitrogen and oxygen atoms in total. The van der Waals surface area contributed by atoms with Gasteiger partial charge in [-0.25, -0.2) is 11.0 Å². The first kappa shape index (κ1) is 27.1. The number of carboxylic acids is 1. The molecule has 0 aliphatic heterocycles. The van der Waals surface area contributed by atoms with E-state index in [-0.39, 0.29) is 0 Å². The van der Waals surface area contributed by atoms with Crippen molar-refractivity contribution in [2.75, 3.05) is 7.05 Å². The molecule has 1 rings (SSSR count). The van der Waals surface area contributed by atoms with Crippen molar-refractivity contribution < 1.29 is 9.90 Å². The third kappa shape index (κ3) is 25.2. The number of hydrazine groups is 1. The number of nitrogens with two attached hydrogens (primary N) is 2. The Balaban J connectivity index is -0.000000293. The predicted octanol–water partition coefficient (Wildman–Crippen LogP) is 3.43. The molecular weight excluding hydrogens is 304 g/mol. The maximum absolute atomic E-state index is 10.3. The molecule has 0 aromatic heterocycles. The van der Waals surface area contributed by atoms with E-state index in [1.54, 1.807) is 14.0 Å². The van der Waals surface area contributed by atoms with Crippen LogP contribution in [-0.2, 0) is 4.79 Å². The van der Waals surface area contributed by atoms with Crippen molar-refractivity contribution >= 4 is 11.8 Å².